The van der Waals surface area contributed by atoms with Crippen molar-refractivity contribution in [3.05, 3.63) is 65.7 Å². The number of nitrogens with one attached hydrogen (secondary N) is 1. The highest BCUT2D eigenvalue weighted by Gasteiger charge is 2.18. The Kier molecular flexibility index (Phi) is 6.05. The molecule has 0 saturated carbocycles. The maximum atomic E-state index is 12.8. The van der Waals surface area contributed by atoms with E-state index >= 15 is 0 Å². The van der Waals surface area contributed by atoms with Crippen LogP contribution >= 0.6 is 0 Å². The number of ether oxygens (including phenoxy) is 2. The molecule has 1 fully saturated rings. The Morgan fingerprint density at radius 2 is 1.97 bits per heavy atom. The number of hydrogen-bond donors (Lipinski definition) is 1. The van der Waals surface area contributed by atoms with Gasteiger partial charge in [-0.25, -0.2) is 9.78 Å². The van der Waals surface area contributed by atoms with Gasteiger partial charge in [-0.3, -0.25) is 4.79 Å². The molecular weight excluding hydrogens is 380 g/mol. The molecule has 6 heteroatoms. The second-order valence-electron chi connectivity index (χ2n) is 7.45. The highest BCUT2D eigenvalue weighted by atomic mass is 16.5. The Morgan fingerprint density at radius 3 is 2.73 bits per heavy atom. The smallest absolute Gasteiger partial charge is 0.339 e. The Balaban J connectivity index is 1.50. The van der Waals surface area contributed by atoms with E-state index in [-0.39, 0.29) is 18.6 Å². The molecule has 4 rings (SSSR count). The lowest BCUT2D eigenvalue weighted by molar-refractivity contribution is -0.124. The van der Waals surface area contributed by atoms with Gasteiger partial charge in [0.05, 0.1) is 22.9 Å². The van der Waals surface area contributed by atoms with Gasteiger partial charge in [0.2, 0.25) is 0 Å². The van der Waals surface area contributed by atoms with Crippen LogP contribution in [0.3, 0.4) is 0 Å². The predicted molar refractivity (Wildman–Crippen MR) is 114 cm³/mol. The maximum Gasteiger partial charge on any atom is 0.339 e. The first-order valence-corrected chi connectivity index (χ1v) is 10.1. The zero-order chi connectivity index (χ0) is 20.9. The predicted octanol–water partition coefficient (Wildman–Crippen LogP) is 3.66. The number of carbonyl (C=O) groups is 2. The number of fused-ring (bicyclic) bond motifs is 1. The topological polar surface area (TPSA) is 77.5 Å². The molecule has 6 nitrogen and oxygen atoms in total. The first-order chi connectivity index (χ1) is 14.6. The fourth-order valence-corrected chi connectivity index (χ4v) is 3.51. The second-order valence-corrected chi connectivity index (χ2v) is 7.45. The summed E-state index contributed by atoms with van der Waals surface area (Å²) in [5.41, 5.74) is 3.83. The number of amides is 1. The van der Waals surface area contributed by atoms with E-state index in [0.29, 0.717) is 28.7 Å². The Morgan fingerprint density at radius 1 is 1.17 bits per heavy atom. The number of rotatable bonds is 6. The number of aryl methyl sites for hydroxylation is 1. The van der Waals surface area contributed by atoms with E-state index < -0.39 is 5.97 Å². The Hall–Kier alpha value is -3.25. The Labute approximate surface area is 175 Å². The van der Waals surface area contributed by atoms with Crippen LogP contribution in [0.15, 0.2) is 54.6 Å². The largest absolute Gasteiger partial charge is 0.452 e. The molecule has 1 aliphatic rings. The van der Waals surface area contributed by atoms with Crippen LogP contribution in [0.1, 0.15) is 28.8 Å². The van der Waals surface area contributed by atoms with Crippen molar-refractivity contribution in [2.45, 2.75) is 25.9 Å². The van der Waals surface area contributed by atoms with Gasteiger partial charge in [0, 0.05) is 24.1 Å². The molecule has 0 bridgehead atoms. The van der Waals surface area contributed by atoms with Crippen molar-refractivity contribution >= 4 is 22.8 Å². The molecule has 3 aromatic rings. The number of aromatic nitrogens is 1. The minimum absolute atomic E-state index is 0.0471. The second kappa shape index (κ2) is 9.05. The first-order valence-electron chi connectivity index (χ1n) is 10.1. The Bertz CT molecular complexity index is 1060. The van der Waals surface area contributed by atoms with Crippen molar-refractivity contribution in [3.63, 3.8) is 0 Å². The van der Waals surface area contributed by atoms with E-state index in [1.54, 1.807) is 6.07 Å². The van der Waals surface area contributed by atoms with Crippen LogP contribution in [-0.2, 0) is 14.3 Å². The molecule has 0 radical (unpaired) electrons. The quantitative estimate of drug-likeness (QED) is 0.635. The number of para-hydroxylation sites is 1. The third kappa shape index (κ3) is 4.66. The monoisotopic (exact) mass is 404 g/mol. The maximum absolute atomic E-state index is 12.8. The molecule has 154 valence electrons. The summed E-state index contributed by atoms with van der Waals surface area (Å²) in [6.07, 6.45) is 1.99. The van der Waals surface area contributed by atoms with Crippen LogP contribution in [-0.4, -0.2) is 42.7 Å². The third-order valence-corrected chi connectivity index (χ3v) is 5.17. The molecule has 2 aromatic carbocycles. The number of benzene rings is 2. The average Bonchev–Trinajstić information content (AvgIpc) is 3.29. The van der Waals surface area contributed by atoms with E-state index in [0.717, 1.165) is 30.6 Å². The molecule has 0 unspecified atom stereocenters. The lowest BCUT2D eigenvalue weighted by Gasteiger charge is -2.12. The van der Waals surface area contributed by atoms with Crippen LogP contribution in [0.4, 0.5) is 0 Å². The number of carbonyl (C=O) groups excluding carboxylic acids is 2. The van der Waals surface area contributed by atoms with Crippen molar-refractivity contribution in [1.29, 1.82) is 0 Å². The van der Waals surface area contributed by atoms with E-state index in [9.17, 15) is 9.59 Å². The molecule has 1 saturated heterocycles. The van der Waals surface area contributed by atoms with Crippen molar-refractivity contribution in [1.82, 2.24) is 10.3 Å². The van der Waals surface area contributed by atoms with Gasteiger partial charge in [0.25, 0.3) is 5.91 Å². The standard InChI is InChI=1S/C24H24N2O4/c1-16-8-10-17(11-9-16)22-13-20(19-6-2-3-7-21(19)26-22)24(28)30-15-23(27)25-14-18-5-4-12-29-18/h2-3,6-11,13,18H,4-5,12,14-15H2,1H3,(H,25,27)/t18-/m1/s1. The fourth-order valence-electron chi connectivity index (χ4n) is 3.51. The van der Waals surface area contributed by atoms with Gasteiger partial charge in [0.15, 0.2) is 6.61 Å². The zero-order valence-corrected chi connectivity index (χ0v) is 16.9. The summed E-state index contributed by atoms with van der Waals surface area (Å²) in [5.74, 6) is -0.884. The van der Waals surface area contributed by atoms with E-state index in [2.05, 4.69) is 10.3 Å². The van der Waals surface area contributed by atoms with Gasteiger partial charge < -0.3 is 14.8 Å². The summed E-state index contributed by atoms with van der Waals surface area (Å²) in [6.45, 7) is 2.85. The zero-order valence-electron chi connectivity index (χ0n) is 16.9. The summed E-state index contributed by atoms with van der Waals surface area (Å²) < 4.78 is 10.8. The van der Waals surface area contributed by atoms with E-state index in [1.807, 2.05) is 55.5 Å². The van der Waals surface area contributed by atoms with Crippen molar-refractivity contribution in [2.24, 2.45) is 0 Å². The van der Waals surface area contributed by atoms with Crippen molar-refractivity contribution in [3.8, 4) is 11.3 Å². The molecule has 0 aliphatic carbocycles. The number of nitrogens with zero attached hydrogens (tertiary/aromatic N) is 1. The summed E-state index contributed by atoms with van der Waals surface area (Å²) in [6, 6.07) is 17.1. The van der Waals surface area contributed by atoms with Crippen molar-refractivity contribution < 1.29 is 19.1 Å². The van der Waals surface area contributed by atoms with Crippen LogP contribution in [0, 0.1) is 6.92 Å². The van der Waals surface area contributed by atoms with Gasteiger partial charge >= 0.3 is 5.97 Å². The van der Waals surface area contributed by atoms with Gasteiger partial charge in [-0.1, -0.05) is 48.0 Å². The minimum Gasteiger partial charge on any atom is -0.452 e. The molecule has 1 N–H and O–H groups in total. The van der Waals surface area contributed by atoms with Crippen LogP contribution in [0.2, 0.25) is 0 Å². The normalized spacial score (nSPS) is 15.8. The van der Waals surface area contributed by atoms with Gasteiger partial charge in [-0.05, 0) is 31.9 Å². The van der Waals surface area contributed by atoms with E-state index in [1.165, 1.54) is 0 Å². The van der Waals surface area contributed by atoms with Gasteiger partial charge in [-0.2, -0.15) is 0 Å². The van der Waals surface area contributed by atoms with Crippen LogP contribution in [0.25, 0.3) is 22.2 Å². The number of hydrogen-bond acceptors (Lipinski definition) is 5. The van der Waals surface area contributed by atoms with Gasteiger partial charge in [0.1, 0.15) is 0 Å². The van der Waals surface area contributed by atoms with Crippen LogP contribution < -0.4 is 5.32 Å². The molecule has 1 amide bonds. The molecule has 1 atom stereocenters. The number of esters is 1. The summed E-state index contributed by atoms with van der Waals surface area (Å²) in [7, 11) is 0. The molecule has 1 aromatic heterocycles. The number of pyridine rings is 1. The van der Waals surface area contributed by atoms with Crippen molar-refractivity contribution in [2.75, 3.05) is 19.8 Å². The molecule has 30 heavy (non-hydrogen) atoms. The fraction of sp³-hybridized carbons (Fsp3) is 0.292. The third-order valence-electron chi connectivity index (χ3n) is 5.17. The first kappa shape index (κ1) is 20.0. The SMILES string of the molecule is Cc1ccc(-c2cc(C(=O)OCC(=O)NC[C@H]3CCCO3)c3ccccc3n2)cc1. The lowest BCUT2D eigenvalue weighted by atomic mass is 10.0. The summed E-state index contributed by atoms with van der Waals surface area (Å²) in [4.78, 5) is 29.6. The van der Waals surface area contributed by atoms with Gasteiger partial charge in [-0.15, -0.1) is 0 Å². The lowest BCUT2D eigenvalue weighted by Crippen LogP contribution is -2.34. The highest BCUT2D eigenvalue weighted by Crippen LogP contribution is 2.25. The highest BCUT2D eigenvalue weighted by molar-refractivity contribution is 6.05. The minimum atomic E-state index is -0.547. The molecule has 2 heterocycles. The summed E-state index contributed by atoms with van der Waals surface area (Å²) in [5, 5.41) is 3.45. The van der Waals surface area contributed by atoms with E-state index in [4.69, 9.17) is 9.47 Å². The average molecular weight is 404 g/mol. The molecule has 1 aliphatic heterocycles. The molecule has 0 spiro atoms. The summed E-state index contributed by atoms with van der Waals surface area (Å²) >= 11 is 0. The van der Waals surface area contributed by atoms with Crippen LogP contribution in [0.5, 0.6) is 0 Å². The molecular formula is C24H24N2O4.